The monoisotopic (exact) mass is 365 g/mol. The minimum absolute atomic E-state index is 0.154. The summed E-state index contributed by atoms with van der Waals surface area (Å²) < 4.78 is 2.25. The molecule has 0 amide bonds. The molecule has 0 aliphatic heterocycles. The Morgan fingerprint density at radius 3 is 1.86 bits per heavy atom. The fourth-order valence-corrected chi connectivity index (χ4v) is 4.25. The van der Waals surface area contributed by atoms with Crippen molar-refractivity contribution in [1.29, 1.82) is 0 Å². The summed E-state index contributed by atoms with van der Waals surface area (Å²) in [6, 6.07) is 23.7. The first-order chi connectivity index (χ1) is 13.5. The molecule has 0 spiro atoms. The predicted octanol–water partition coefficient (Wildman–Crippen LogP) is 5.93. The molecular weight excluding hydrogens is 338 g/mol. The molecule has 0 bridgehead atoms. The Morgan fingerprint density at radius 2 is 1.32 bits per heavy atom. The molecule has 0 N–H and O–H groups in total. The van der Waals surface area contributed by atoms with Crippen molar-refractivity contribution in [2.45, 2.75) is 32.2 Å². The number of rotatable bonds is 5. The Labute approximate surface area is 166 Å². The van der Waals surface area contributed by atoms with Crippen LogP contribution in [0.2, 0.25) is 0 Å². The Bertz CT molecular complexity index is 1190. The van der Waals surface area contributed by atoms with Crippen molar-refractivity contribution in [3.63, 3.8) is 0 Å². The molecule has 0 radical (unpaired) electrons. The summed E-state index contributed by atoms with van der Waals surface area (Å²) in [5.41, 5.74) is 2.56. The molecule has 1 heteroatoms. The maximum absolute atomic E-state index is 4.43. The van der Waals surface area contributed by atoms with Crippen molar-refractivity contribution in [1.82, 2.24) is 4.57 Å². The normalized spacial score (nSPS) is 13.6. The number of allylic oxidation sites excluding steroid dienone is 1. The van der Waals surface area contributed by atoms with Gasteiger partial charge >= 0.3 is 0 Å². The lowest BCUT2D eigenvalue weighted by atomic mass is 9.91. The molecule has 1 nitrogen and oxygen atoms in total. The molecule has 2 atom stereocenters. The molecule has 28 heavy (non-hydrogen) atoms. The van der Waals surface area contributed by atoms with Gasteiger partial charge in [-0.15, -0.1) is 0 Å². The van der Waals surface area contributed by atoms with Gasteiger partial charge in [0.15, 0.2) is 0 Å². The van der Waals surface area contributed by atoms with Gasteiger partial charge in [0.2, 0.25) is 0 Å². The molecule has 0 saturated heterocycles. The van der Waals surface area contributed by atoms with Crippen molar-refractivity contribution in [3.8, 4) is 0 Å². The van der Waals surface area contributed by atoms with Crippen LogP contribution in [0.5, 0.6) is 0 Å². The van der Waals surface area contributed by atoms with Crippen LogP contribution in [0.1, 0.15) is 37.8 Å². The van der Waals surface area contributed by atoms with E-state index >= 15 is 0 Å². The van der Waals surface area contributed by atoms with E-state index in [0.717, 1.165) is 17.1 Å². The Balaban J connectivity index is 1.71. The van der Waals surface area contributed by atoms with Gasteiger partial charge in [-0.25, -0.2) is 0 Å². The molecular formula is C27H27N. The zero-order chi connectivity index (χ0) is 19.8. The standard InChI is InChI=1S/C27H27N/c1-18(15-19(2)23-11-7-6-8-12-23)20(3)28-21(4)26-16-24-13-9-10-14-25(24)17-27(26)22(28)5/h6-14,16-17,19-20H,1,4-5,15H2,2-3H3/t19-,20-/m0/s1. The largest absolute Gasteiger partial charge is 0.334 e. The third kappa shape index (κ3) is 3.07. The quantitative estimate of drug-likeness (QED) is 0.387. The molecule has 1 aromatic heterocycles. The lowest BCUT2D eigenvalue weighted by Crippen LogP contribution is -2.29. The second-order valence-corrected chi connectivity index (χ2v) is 7.86. The highest BCUT2D eigenvalue weighted by atomic mass is 15.0. The fraction of sp³-hybridized carbons (Fsp3) is 0.185. The smallest absolute Gasteiger partial charge is 0.0520 e. The third-order valence-corrected chi connectivity index (χ3v) is 6.00. The average Bonchev–Trinajstić information content (AvgIpc) is 2.96. The van der Waals surface area contributed by atoms with E-state index < -0.39 is 0 Å². The molecule has 140 valence electrons. The van der Waals surface area contributed by atoms with Gasteiger partial charge in [-0.05, 0) is 47.7 Å². The lowest BCUT2D eigenvalue weighted by molar-refractivity contribution is 0.564. The first kappa shape index (κ1) is 18.3. The van der Waals surface area contributed by atoms with E-state index in [9.17, 15) is 0 Å². The van der Waals surface area contributed by atoms with E-state index in [1.165, 1.54) is 32.7 Å². The minimum atomic E-state index is 0.154. The van der Waals surface area contributed by atoms with Gasteiger partial charge in [-0.2, -0.15) is 0 Å². The van der Waals surface area contributed by atoms with Crippen LogP contribution in [0.15, 0.2) is 78.9 Å². The first-order valence-corrected chi connectivity index (χ1v) is 9.90. The van der Waals surface area contributed by atoms with E-state index in [-0.39, 0.29) is 6.04 Å². The minimum Gasteiger partial charge on any atom is -0.334 e. The van der Waals surface area contributed by atoms with Crippen molar-refractivity contribution >= 4 is 34.7 Å². The number of aromatic nitrogens is 1. The van der Waals surface area contributed by atoms with Crippen LogP contribution in [-0.4, -0.2) is 4.57 Å². The second kappa shape index (κ2) is 7.16. The summed E-state index contributed by atoms with van der Waals surface area (Å²) in [4.78, 5) is 0. The van der Waals surface area contributed by atoms with E-state index in [2.05, 4.69) is 105 Å². The van der Waals surface area contributed by atoms with Crippen molar-refractivity contribution in [2.75, 3.05) is 0 Å². The zero-order valence-electron chi connectivity index (χ0n) is 16.8. The SMILES string of the molecule is C=C(C[C@H](C)c1ccccc1)[C@H](C)n1c(=C)c2cc3ccccc3cc2c1=C. The molecule has 4 aromatic rings. The number of hydrogen-bond acceptors (Lipinski definition) is 0. The molecule has 0 unspecified atom stereocenters. The van der Waals surface area contributed by atoms with Crippen molar-refractivity contribution in [3.05, 3.63) is 95.1 Å². The van der Waals surface area contributed by atoms with Crippen LogP contribution in [0.3, 0.4) is 0 Å². The number of hydrogen-bond donors (Lipinski definition) is 0. The number of benzene rings is 3. The van der Waals surface area contributed by atoms with Crippen molar-refractivity contribution < 1.29 is 0 Å². The van der Waals surface area contributed by atoms with Crippen LogP contribution in [0.25, 0.3) is 34.7 Å². The number of nitrogens with zero attached hydrogens (tertiary/aromatic N) is 1. The molecule has 0 aliphatic carbocycles. The summed E-state index contributed by atoms with van der Waals surface area (Å²) in [5.74, 6) is 0.435. The Hall–Kier alpha value is -3.06. The van der Waals surface area contributed by atoms with E-state index in [4.69, 9.17) is 0 Å². The van der Waals surface area contributed by atoms with Gasteiger partial charge in [0.1, 0.15) is 0 Å². The fourth-order valence-electron chi connectivity index (χ4n) is 4.25. The number of fused-ring (bicyclic) bond motifs is 2. The highest BCUT2D eigenvalue weighted by Gasteiger charge is 2.17. The van der Waals surface area contributed by atoms with Crippen molar-refractivity contribution in [2.24, 2.45) is 0 Å². The molecule has 0 saturated carbocycles. The van der Waals surface area contributed by atoms with E-state index in [1.807, 2.05) is 0 Å². The van der Waals surface area contributed by atoms with Gasteiger partial charge in [-0.3, -0.25) is 0 Å². The highest BCUT2D eigenvalue weighted by Crippen LogP contribution is 2.28. The summed E-state index contributed by atoms with van der Waals surface area (Å²) in [5, 5.41) is 6.87. The second-order valence-electron chi connectivity index (χ2n) is 7.86. The third-order valence-electron chi connectivity index (χ3n) is 6.00. The van der Waals surface area contributed by atoms with Gasteiger partial charge < -0.3 is 4.57 Å². The van der Waals surface area contributed by atoms with Crippen LogP contribution >= 0.6 is 0 Å². The zero-order valence-corrected chi connectivity index (χ0v) is 16.8. The molecule has 0 fully saturated rings. The maximum atomic E-state index is 4.43. The molecule has 3 aromatic carbocycles. The first-order valence-electron chi connectivity index (χ1n) is 9.90. The van der Waals surface area contributed by atoms with E-state index in [1.54, 1.807) is 0 Å². The molecule has 1 heterocycles. The van der Waals surface area contributed by atoms with Crippen LogP contribution in [0, 0.1) is 0 Å². The summed E-state index contributed by atoms with van der Waals surface area (Å²) >= 11 is 0. The van der Waals surface area contributed by atoms with Crippen LogP contribution < -0.4 is 10.7 Å². The summed E-state index contributed by atoms with van der Waals surface area (Å²) in [7, 11) is 0. The molecule has 4 rings (SSSR count). The van der Waals surface area contributed by atoms with Gasteiger partial charge in [0.05, 0.1) is 6.04 Å². The van der Waals surface area contributed by atoms with Gasteiger partial charge in [0.25, 0.3) is 0 Å². The van der Waals surface area contributed by atoms with Crippen LogP contribution in [0.4, 0.5) is 0 Å². The van der Waals surface area contributed by atoms with Gasteiger partial charge in [-0.1, -0.05) is 86.8 Å². The Kier molecular flexibility index (Phi) is 4.68. The summed E-state index contributed by atoms with van der Waals surface area (Å²) in [6.07, 6.45) is 0.945. The van der Waals surface area contributed by atoms with E-state index in [0.29, 0.717) is 5.92 Å². The van der Waals surface area contributed by atoms with Gasteiger partial charge in [0, 0.05) is 21.5 Å². The maximum Gasteiger partial charge on any atom is 0.0520 e. The summed E-state index contributed by atoms with van der Waals surface area (Å²) in [6.45, 7) is 17.7. The average molecular weight is 366 g/mol. The lowest BCUT2D eigenvalue weighted by Gasteiger charge is -2.21. The van der Waals surface area contributed by atoms with Crippen LogP contribution in [-0.2, 0) is 0 Å². The topological polar surface area (TPSA) is 4.93 Å². The Morgan fingerprint density at radius 1 is 0.821 bits per heavy atom. The highest BCUT2D eigenvalue weighted by molar-refractivity contribution is 5.98. The molecule has 0 aliphatic rings. The predicted molar refractivity (Wildman–Crippen MR) is 123 cm³/mol.